The fraction of sp³-hybridized carbons (Fsp3) is 0.154. The minimum absolute atomic E-state index is 0.119. The number of hydrogen-bond acceptors (Lipinski definition) is 4. The predicted molar refractivity (Wildman–Crippen MR) is 73.0 cm³/mol. The fourth-order valence-corrected chi connectivity index (χ4v) is 2.47. The second-order valence-corrected chi connectivity index (χ2v) is 4.70. The molecule has 94 valence electrons. The van der Waals surface area contributed by atoms with Gasteiger partial charge in [-0.3, -0.25) is 0 Å². The van der Waals surface area contributed by atoms with Gasteiger partial charge in [0.25, 0.3) is 0 Å². The average molecular weight is 316 g/mol. The first-order valence-corrected chi connectivity index (χ1v) is 6.33. The number of nitrogens with zero attached hydrogens (tertiary/aromatic N) is 4. The maximum absolute atomic E-state index is 9.17. The summed E-state index contributed by atoms with van der Waals surface area (Å²) < 4.78 is 2.54. The van der Waals surface area contributed by atoms with Crippen LogP contribution in [-0.4, -0.2) is 16.1 Å². The molecule has 0 aliphatic rings. The number of aromatic nitrogens is 2. The smallest absolute Gasteiger partial charge is 0.176 e. The lowest BCUT2D eigenvalue weighted by molar-refractivity contribution is 0.586. The second kappa shape index (κ2) is 5.66. The number of hydrogen-bond donors (Lipinski definition) is 1. The van der Waals surface area contributed by atoms with Crippen molar-refractivity contribution in [3.8, 4) is 12.1 Å². The molecular weight excluding hydrogens is 306 g/mol. The second-order valence-electron chi connectivity index (χ2n) is 3.85. The highest BCUT2D eigenvalue weighted by Gasteiger charge is 2.20. The Balaban J connectivity index is 2.56. The third kappa shape index (κ3) is 2.37. The molecule has 5 nitrogen and oxygen atoms in total. The van der Waals surface area contributed by atoms with E-state index >= 15 is 0 Å². The van der Waals surface area contributed by atoms with Crippen LogP contribution in [0.3, 0.4) is 0 Å². The molecule has 2 N–H and O–H groups in total. The van der Waals surface area contributed by atoms with Crippen LogP contribution in [0, 0.1) is 22.7 Å². The lowest BCUT2D eigenvalue weighted by Crippen LogP contribution is -2.21. The summed E-state index contributed by atoms with van der Waals surface area (Å²) >= 11 is 3.47. The molecule has 0 saturated carbocycles. The van der Waals surface area contributed by atoms with E-state index in [4.69, 9.17) is 16.3 Å². The van der Waals surface area contributed by atoms with Gasteiger partial charge in [-0.1, -0.05) is 34.1 Å². The van der Waals surface area contributed by atoms with E-state index in [2.05, 4.69) is 20.9 Å². The molecule has 0 spiro atoms. The van der Waals surface area contributed by atoms with E-state index in [1.54, 1.807) is 4.57 Å². The summed E-state index contributed by atoms with van der Waals surface area (Å²) in [7, 11) is 0. The first kappa shape index (κ1) is 13.3. The average Bonchev–Trinajstić information content (AvgIpc) is 2.84. The summed E-state index contributed by atoms with van der Waals surface area (Å²) in [5.74, 6) is 0. The van der Waals surface area contributed by atoms with Crippen LogP contribution >= 0.6 is 15.9 Å². The molecule has 0 amide bonds. The van der Waals surface area contributed by atoms with E-state index in [1.165, 1.54) is 6.33 Å². The number of halogens is 1. The van der Waals surface area contributed by atoms with Crippen molar-refractivity contribution in [3.05, 3.63) is 52.0 Å². The third-order valence-corrected chi connectivity index (χ3v) is 3.55. The number of nitrogens with two attached hydrogens (primary N) is 1. The number of imidazole rings is 1. The summed E-state index contributed by atoms with van der Waals surface area (Å²) in [6.07, 6.45) is 1.48. The van der Waals surface area contributed by atoms with Crippen molar-refractivity contribution in [1.82, 2.24) is 9.55 Å². The molecule has 6 heteroatoms. The van der Waals surface area contributed by atoms with Crippen LogP contribution in [-0.2, 0) is 0 Å². The van der Waals surface area contributed by atoms with Gasteiger partial charge in [0.15, 0.2) is 11.4 Å². The molecule has 2 aromatic rings. The zero-order valence-electron chi connectivity index (χ0n) is 9.92. The molecule has 1 aromatic carbocycles. The van der Waals surface area contributed by atoms with Crippen molar-refractivity contribution in [3.63, 3.8) is 0 Å². The molecule has 0 saturated heterocycles. The SMILES string of the molecule is N#Cc1ncn(C(CN)c2ccccc2Br)c1C#N. The molecule has 1 aromatic heterocycles. The van der Waals surface area contributed by atoms with Crippen molar-refractivity contribution in [2.45, 2.75) is 6.04 Å². The molecule has 2 rings (SSSR count). The quantitative estimate of drug-likeness (QED) is 0.936. The number of benzene rings is 1. The zero-order valence-corrected chi connectivity index (χ0v) is 11.5. The van der Waals surface area contributed by atoms with Crippen LogP contribution in [0.1, 0.15) is 23.0 Å². The number of rotatable bonds is 3. The molecule has 0 radical (unpaired) electrons. The van der Waals surface area contributed by atoms with Gasteiger partial charge in [0.05, 0.1) is 12.4 Å². The molecule has 0 aliphatic heterocycles. The molecule has 0 bridgehead atoms. The van der Waals surface area contributed by atoms with Crippen LogP contribution < -0.4 is 5.73 Å². The predicted octanol–water partition coefficient (Wildman–Crippen LogP) is 1.94. The Kier molecular flexibility index (Phi) is 3.96. The first-order chi connectivity index (χ1) is 9.22. The van der Waals surface area contributed by atoms with E-state index in [0.29, 0.717) is 6.54 Å². The minimum atomic E-state index is -0.236. The zero-order chi connectivity index (χ0) is 13.8. The van der Waals surface area contributed by atoms with Gasteiger partial charge in [-0.15, -0.1) is 0 Å². The van der Waals surface area contributed by atoms with E-state index < -0.39 is 0 Å². The van der Waals surface area contributed by atoms with Gasteiger partial charge in [0, 0.05) is 11.0 Å². The summed E-state index contributed by atoms with van der Waals surface area (Å²) in [6.45, 7) is 0.304. The number of nitriles is 2. The molecule has 0 aliphatic carbocycles. The van der Waals surface area contributed by atoms with E-state index in [-0.39, 0.29) is 17.4 Å². The molecule has 1 atom stereocenters. The Morgan fingerprint density at radius 2 is 2.05 bits per heavy atom. The van der Waals surface area contributed by atoms with Crippen LogP contribution in [0.2, 0.25) is 0 Å². The van der Waals surface area contributed by atoms with Gasteiger partial charge < -0.3 is 10.3 Å². The van der Waals surface area contributed by atoms with Gasteiger partial charge in [-0.05, 0) is 11.6 Å². The van der Waals surface area contributed by atoms with Crippen LogP contribution in [0.15, 0.2) is 35.1 Å². The van der Waals surface area contributed by atoms with Crippen molar-refractivity contribution in [1.29, 1.82) is 10.5 Å². The highest BCUT2D eigenvalue weighted by Crippen LogP contribution is 2.27. The van der Waals surface area contributed by atoms with Gasteiger partial charge >= 0.3 is 0 Å². The third-order valence-electron chi connectivity index (χ3n) is 2.83. The lowest BCUT2D eigenvalue weighted by atomic mass is 10.1. The molecule has 1 unspecified atom stereocenters. The van der Waals surface area contributed by atoms with E-state index in [1.807, 2.05) is 36.4 Å². The lowest BCUT2D eigenvalue weighted by Gasteiger charge is -2.19. The van der Waals surface area contributed by atoms with E-state index in [0.717, 1.165) is 10.0 Å². The fourth-order valence-electron chi connectivity index (χ4n) is 1.93. The standard InChI is InChI=1S/C13H10BrN5/c14-10-4-2-1-3-9(10)12(6-16)19-8-18-11(5-15)13(19)7-17/h1-4,8,12H,6,16H2. The topological polar surface area (TPSA) is 91.4 Å². The maximum Gasteiger partial charge on any atom is 0.176 e. The Labute approximate surface area is 119 Å². The first-order valence-electron chi connectivity index (χ1n) is 5.54. The monoisotopic (exact) mass is 315 g/mol. The highest BCUT2D eigenvalue weighted by atomic mass is 79.9. The molecule has 1 heterocycles. The van der Waals surface area contributed by atoms with Gasteiger partial charge in [0.1, 0.15) is 12.1 Å². The maximum atomic E-state index is 9.17. The van der Waals surface area contributed by atoms with Crippen molar-refractivity contribution in [2.24, 2.45) is 5.73 Å². The van der Waals surface area contributed by atoms with Gasteiger partial charge in [0.2, 0.25) is 0 Å². The van der Waals surface area contributed by atoms with Crippen molar-refractivity contribution < 1.29 is 0 Å². The van der Waals surface area contributed by atoms with E-state index in [9.17, 15) is 0 Å². The Hall–Kier alpha value is -2.15. The van der Waals surface area contributed by atoms with Crippen molar-refractivity contribution in [2.75, 3.05) is 6.54 Å². The minimum Gasteiger partial charge on any atom is -0.328 e. The van der Waals surface area contributed by atoms with Crippen molar-refractivity contribution >= 4 is 15.9 Å². The Bertz CT molecular complexity index is 677. The molecule has 0 fully saturated rings. The summed E-state index contributed by atoms with van der Waals surface area (Å²) in [4.78, 5) is 3.94. The summed E-state index contributed by atoms with van der Waals surface area (Å²) in [5, 5.41) is 18.1. The molecular formula is C13H10BrN5. The normalized spacial score (nSPS) is 11.6. The Morgan fingerprint density at radius 3 is 2.63 bits per heavy atom. The Morgan fingerprint density at radius 1 is 1.32 bits per heavy atom. The largest absolute Gasteiger partial charge is 0.328 e. The van der Waals surface area contributed by atoms with Crippen LogP contribution in [0.5, 0.6) is 0 Å². The van der Waals surface area contributed by atoms with Gasteiger partial charge in [-0.25, -0.2) is 4.98 Å². The summed E-state index contributed by atoms with van der Waals surface area (Å²) in [5.41, 5.74) is 7.11. The van der Waals surface area contributed by atoms with Crippen LogP contribution in [0.25, 0.3) is 0 Å². The van der Waals surface area contributed by atoms with Gasteiger partial charge in [-0.2, -0.15) is 10.5 Å². The van der Waals surface area contributed by atoms with Crippen LogP contribution in [0.4, 0.5) is 0 Å². The highest BCUT2D eigenvalue weighted by molar-refractivity contribution is 9.10. The summed E-state index contributed by atoms with van der Waals surface area (Å²) in [6, 6.07) is 11.3. The molecule has 19 heavy (non-hydrogen) atoms.